The fraction of sp³-hybridized carbons (Fsp3) is 0. The zero-order valence-electron chi connectivity index (χ0n) is 4.87. The maximum absolute atomic E-state index is 10.3. The van der Waals surface area contributed by atoms with Crippen LogP contribution in [0.1, 0.15) is 0 Å². The number of rotatable bonds is 0. The van der Waals surface area contributed by atoms with Gasteiger partial charge in [-0.25, -0.2) is 9.59 Å². The average Bonchev–Trinajstić information content (AvgIpc) is 2.13. The van der Waals surface area contributed by atoms with Gasteiger partial charge in [-0.3, -0.25) is 5.32 Å². The molecule has 4 amide bonds. The summed E-state index contributed by atoms with van der Waals surface area (Å²) in [5.74, 6) is 0.0810. The van der Waals surface area contributed by atoms with E-state index >= 15 is 0 Å². The van der Waals surface area contributed by atoms with E-state index in [1.54, 1.807) is 0 Å². The number of carbonyl (C=O) groups excluding carboxylic acids is 2. The van der Waals surface area contributed by atoms with Gasteiger partial charge >= 0.3 is 12.1 Å². The predicted molar refractivity (Wildman–Crippen MR) is 34.0 cm³/mol. The van der Waals surface area contributed by atoms with E-state index in [9.17, 15) is 9.59 Å². The van der Waals surface area contributed by atoms with E-state index in [1.165, 1.54) is 0 Å². The van der Waals surface area contributed by atoms with Crippen molar-refractivity contribution in [2.45, 2.75) is 0 Å². The lowest BCUT2D eigenvalue weighted by molar-refractivity contribution is 0.253. The number of amides is 4. The molecule has 0 saturated carbocycles. The van der Waals surface area contributed by atoms with Crippen molar-refractivity contribution < 1.29 is 9.59 Å². The van der Waals surface area contributed by atoms with Crippen LogP contribution in [0.25, 0.3) is 0 Å². The molecule has 1 aliphatic heterocycles. The molecule has 0 saturated heterocycles. The zero-order chi connectivity index (χ0) is 7.56. The van der Waals surface area contributed by atoms with Crippen molar-refractivity contribution in [3.05, 3.63) is 0 Å². The summed E-state index contributed by atoms with van der Waals surface area (Å²) in [7, 11) is 0. The smallest absolute Gasteiger partial charge is 0.351 e. The standard InChI is InChI=1S/C4H4N4O2/c5-3(9)7-2-1-6-4(10)8-2/h1H,(H3,5,7,8,9,10). The SMILES string of the molecule is NC(=O)NC1=NC(=O)N=C1. The summed E-state index contributed by atoms with van der Waals surface area (Å²) in [5.41, 5.74) is 4.71. The van der Waals surface area contributed by atoms with Gasteiger partial charge in [-0.2, -0.15) is 9.98 Å². The second-order valence-electron chi connectivity index (χ2n) is 1.53. The number of nitrogens with two attached hydrogens (primary N) is 1. The van der Waals surface area contributed by atoms with Crippen molar-refractivity contribution in [1.82, 2.24) is 5.32 Å². The monoisotopic (exact) mass is 140 g/mol. The third-order valence-electron chi connectivity index (χ3n) is 0.765. The minimum atomic E-state index is -0.764. The van der Waals surface area contributed by atoms with Crippen LogP contribution in [-0.4, -0.2) is 24.1 Å². The van der Waals surface area contributed by atoms with E-state index < -0.39 is 12.1 Å². The summed E-state index contributed by atoms with van der Waals surface area (Å²) >= 11 is 0. The van der Waals surface area contributed by atoms with Crippen molar-refractivity contribution in [3.63, 3.8) is 0 Å². The van der Waals surface area contributed by atoms with Gasteiger partial charge in [-0.15, -0.1) is 0 Å². The molecule has 0 aromatic heterocycles. The van der Waals surface area contributed by atoms with Crippen molar-refractivity contribution in [2.75, 3.05) is 0 Å². The maximum Gasteiger partial charge on any atom is 0.369 e. The first-order valence-electron chi connectivity index (χ1n) is 2.41. The summed E-state index contributed by atoms with van der Waals surface area (Å²) in [4.78, 5) is 26.9. The van der Waals surface area contributed by atoms with Crippen molar-refractivity contribution in [2.24, 2.45) is 15.7 Å². The highest BCUT2D eigenvalue weighted by molar-refractivity contribution is 6.38. The summed E-state index contributed by atoms with van der Waals surface area (Å²) in [5, 5.41) is 2.09. The highest BCUT2D eigenvalue weighted by Crippen LogP contribution is 1.88. The molecule has 6 heteroatoms. The van der Waals surface area contributed by atoms with Crippen molar-refractivity contribution in [1.29, 1.82) is 0 Å². The number of urea groups is 2. The van der Waals surface area contributed by atoms with Gasteiger partial charge in [-0.1, -0.05) is 0 Å². The fourth-order valence-electron chi connectivity index (χ4n) is 0.464. The molecular formula is C4H4N4O2. The Balaban J connectivity index is 2.60. The van der Waals surface area contributed by atoms with E-state index in [4.69, 9.17) is 5.73 Å². The number of nitrogens with one attached hydrogen (secondary N) is 1. The third-order valence-corrected chi connectivity index (χ3v) is 0.765. The normalized spacial score (nSPS) is 15.2. The van der Waals surface area contributed by atoms with E-state index in [-0.39, 0.29) is 5.84 Å². The molecule has 0 unspecified atom stereocenters. The van der Waals surface area contributed by atoms with Gasteiger partial charge in [-0.05, 0) is 0 Å². The topological polar surface area (TPSA) is 96.9 Å². The van der Waals surface area contributed by atoms with E-state index in [1.807, 2.05) is 0 Å². The van der Waals surface area contributed by atoms with Crippen LogP contribution in [0.5, 0.6) is 0 Å². The molecule has 0 radical (unpaired) electrons. The van der Waals surface area contributed by atoms with Gasteiger partial charge in [0.25, 0.3) is 0 Å². The largest absolute Gasteiger partial charge is 0.369 e. The van der Waals surface area contributed by atoms with Crippen molar-refractivity contribution >= 4 is 24.1 Å². The second-order valence-corrected chi connectivity index (χ2v) is 1.53. The van der Waals surface area contributed by atoms with Gasteiger partial charge in [0.2, 0.25) is 0 Å². The molecule has 0 fully saturated rings. The summed E-state index contributed by atoms with van der Waals surface area (Å²) < 4.78 is 0. The minimum Gasteiger partial charge on any atom is -0.351 e. The molecule has 6 nitrogen and oxygen atoms in total. The van der Waals surface area contributed by atoms with Gasteiger partial charge < -0.3 is 5.73 Å². The quantitative estimate of drug-likeness (QED) is 0.463. The molecule has 0 aromatic carbocycles. The Kier molecular flexibility index (Phi) is 1.44. The first-order chi connectivity index (χ1) is 4.68. The Bertz CT molecular complexity index is 242. The number of primary amides is 1. The van der Waals surface area contributed by atoms with E-state index in [0.717, 1.165) is 6.21 Å². The second kappa shape index (κ2) is 2.26. The van der Waals surface area contributed by atoms with Crippen LogP contribution in [0.3, 0.4) is 0 Å². The number of aliphatic imine (C=N–C) groups is 2. The number of amidine groups is 1. The average molecular weight is 140 g/mol. The molecule has 0 spiro atoms. The Morgan fingerprint density at radius 1 is 1.70 bits per heavy atom. The van der Waals surface area contributed by atoms with Gasteiger partial charge in [0.1, 0.15) is 0 Å². The van der Waals surface area contributed by atoms with Crippen LogP contribution >= 0.6 is 0 Å². The molecule has 0 aromatic rings. The predicted octanol–water partition coefficient (Wildman–Crippen LogP) is -0.742. The summed E-state index contributed by atoms with van der Waals surface area (Å²) in [6.45, 7) is 0. The molecule has 0 aliphatic carbocycles. The minimum absolute atomic E-state index is 0.0810. The van der Waals surface area contributed by atoms with Crippen LogP contribution in [-0.2, 0) is 0 Å². The fourth-order valence-corrected chi connectivity index (χ4v) is 0.464. The molecule has 1 rings (SSSR count). The summed E-state index contributed by atoms with van der Waals surface area (Å²) in [6, 6.07) is -1.40. The molecular weight excluding hydrogens is 136 g/mol. The van der Waals surface area contributed by atoms with Crippen LogP contribution < -0.4 is 11.1 Å². The Hall–Kier alpha value is -1.72. The zero-order valence-corrected chi connectivity index (χ0v) is 4.87. The van der Waals surface area contributed by atoms with Crippen LogP contribution in [0, 0.1) is 0 Å². The molecule has 52 valence electrons. The Morgan fingerprint density at radius 2 is 2.40 bits per heavy atom. The van der Waals surface area contributed by atoms with E-state index in [0.29, 0.717) is 0 Å². The molecule has 3 N–H and O–H groups in total. The summed E-state index contributed by atoms with van der Waals surface area (Å²) in [6.07, 6.45) is 1.13. The van der Waals surface area contributed by atoms with E-state index in [2.05, 4.69) is 15.3 Å². The lowest BCUT2D eigenvalue weighted by Crippen LogP contribution is -2.35. The van der Waals surface area contributed by atoms with Crippen LogP contribution in [0.2, 0.25) is 0 Å². The van der Waals surface area contributed by atoms with Crippen molar-refractivity contribution in [3.8, 4) is 0 Å². The van der Waals surface area contributed by atoms with Gasteiger partial charge in [0, 0.05) is 0 Å². The van der Waals surface area contributed by atoms with Gasteiger partial charge in [0.05, 0.1) is 6.21 Å². The number of nitrogens with zero attached hydrogens (tertiary/aromatic N) is 2. The first kappa shape index (κ1) is 6.40. The molecule has 10 heavy (non-hydrogen) atoms. The number of carbonyl (C=O) groups is 2. The first-order valence-corrected chi connectivity index (χ1v) is 2.41. The maximum atomic E-state index is 10.3. The Morgan fingerprint density at radius 3 is 2.80 bits per heavy atom. The molecule has 0 bridgehead atoms. The number of hydrogen-bond donors (Lipinski definition) is 2. The molecule has 1 aliphatic rings. The number of hydrogen-bond acceptors (Lipinski definition) is 2. The molecule has 0 atom stereocenters. The van der Waals surface area contributed by atoms with Crippen LogP contribution in [0.15, 0.2) is 9.98 Å². The van der Waals surface area contributed by atoms with Gasteiger partial charge in [0.15, 0.2) is 5.84 Å². The highest BCUT2D eigenvalue weighted by Gasteiger charge is 2.07. The molecule has 1 heterocycles. The van der Waals surface area contributed by atoms with Crippen LogP contribution in [0.4, 0.5) is 9.59 Å². The third kappa shape index (κ3) is 1.38. The Labute approximate surface area is 55.8 Å². The lowest BCUT2D eigenvalue weighted by atomic mass is 10.6. The lowest BCUT2D eigenvalue weighted by Gasteiger charge is -1.92. The highest BCUT2D eigenvalue weighted by atomic mass is 16.2.